The molecule has 0 aromatic heterocycles. The van der Waals surface area contributed by atoms with Gasteiger partial charge in [-0.15, -0.1) is 0 Å². The summed E-state index contributed by atoms with van der Waals surface area (Å²) in [6.07, 6.45) is 3.19. The van der Waals surface area contributed by atoms with Crippen LogP contribution in [0.3, 0.4) is 0 Å². The number of aliphatic hydroxyl groups is 1. The molecule has 0 saturated carbocycles. The predicted octanol–water partition coefficient (Wildman–Crippen LogP) is 2.00. The van der Waals surface area contributed by atoms with Crippen molar-refractivity contribution >= 4 is 16.6 Å². The maximum absolute atomic E-state index is 12.3. The lowest BCUT2D eigenvalue weighted by Gasteiger charge is -2.33. The Bertz CT molecular complexity index is 533. The van der Waals surface area contributed by atoms with Gasteiger partial charge in [-0.2, -0.15) is 0 Å². The normalized spacial score (nSPS) is 28.4. The number of ketones is 1. The van der Waals surface area contributed by atoms with Gasteiger partial charge in [0.2, 0.25) is 0 Å². The first kappa shape index (κ1) is 14.2. The van der Waals surface area contributed by atoms with Crippen molar-refractivity contribution in [3.05, 3.63) is 42.0 Å². The van der Waals surface area contributed by atoms with E-state index in [0.29, 0.717) is 11.3 Å². The highest BCUT2D eigenvalue weighted by Gasteiger charge is 2.37. The lowest BCUT2D eigenvalue weighted by atomic mass is 9.82. The van der Waals surface area contributed by atoms with Crippen LogP contribution in [0.15, 0.2) is 41.3 Å². The number of carbonyl (C=O) groups excluding carboxylic acids is 1. The third-order valence-electron chi connectivity index (χ3n) is 3.56. The molecule has 3 atom stereocenters. The molecule has 0 radical (unpaired) electrons. The zero-order valence-electron chi connectivity index (χ0n) is 11.1. The smallest absolute Gasteiger partial charge is 0.155 e. The Kier molecular flexibility index (Phi) is 4.02. The van der Waals surface area contributed by atoms with E-state index in [-0.39, 0.29) is 17.5 Å². The van der Waals surface area contributed by atoms with E-state index < -0.39 is 16.4 Å². The summed E-state index contributed by atoms with van der Waals surface area (Å²) in [4.78, 5) is 12.0. The minimum Gasteiger partial charge on any atom is -0.385 e. The number of carbonyl (C=O) groups is 1. The van der Waals surface area contributed by atoms with Gasteiger partial charge in [0.05, 0.1) is 22.2 Å². The molecule has 0 saturated heterocycles. The molecule has 1 aliphatic carbocycles. The number of hydrogen-bond acceptors (Lipinski definition) is 3. The molecular formula is C15H18O3S. The number of allylic oxidation sites excluding steroid dienone is 1. The van der Waals surface area contributed by atoms with Crippen LogP contribution in [-0.4, -0.2) is 26.5 Å². The number of benzene rings is 1. The third-order valence-corrected chi connectivity index (χ3v) is 5.09. The molecule has 0 amide bonds. The molecule has 102 valence electrons. The van der Waals surface area contributed by atoms with E-state index in [1.807, 2.05) is 38.1 Å². The lowest BCUT2D eigenvalue weighted by Crippen LogP contribution is -2.43. The standard InChI is InChI=1S/C15H18O3S/c1-11-3-5-14(6-4-11)19(18)10-15(17)8-7-13(16)9-12(15)2/h3-8,12,17H,9-10H2,1-2H3/t12-,15-,19+/m0/s1. The van der Waals surface area contributed by atoms with Gasteiger partial charge < -0.3 is 5.11 Å². The van der Waals surface area contributed by atoms with Crippen molar-refractivity contribution in [1.29, 1.82) is 0 Å². The fourth-order valence-corrected chi connectivity index (χ4v) is 3.53. The van der Waals surface area contributed by atoms with Gasteiger partial charge in [0.1, 0.15) is 0 Å². The molecule has 0 fully saturated rings. The SMILES string of the molecule is Cc1ccc([S@](=O)C[C@@]2(O)C=CC(=O)C[C@@H]2C)cc1. The van der Waals surface area contributed by atoms with E-state index in [1.54, 1.807) is 0 Å². The summed E-state index contributed by atoms with van der Waals surface area (Å²) in [6.45, 7) is 3.78. The largest absolute Gasteiger partial charge is 0.385 e. The van der Waals surface area contributed by atoms with Gasteiger partial charge in [-0.25, -0.2) is 0 Å². The van der Waals surface area contributed by atoms with Crippen molar-refractivity contribution < 1.29 is 14.1 Å². The molecule has 0 bridgehead atoms. The Balaban J connectivity index is 2.16. The zero-order chi connectivity index (χ0) is 14.0. The fourth-order valence-electron chi connectivity index (χ4n) is 2.12. The van der Waals surface area contributed by atoms with E-state index in [1.165, 1.54) is 12.2 Å². The molecule has 0 aliphatic heterocycles. The van der Waals surface area contributed by atoms with Crippen molar-refractivity contribution in [2.24, 2.45) is 5.92 Å². The number of hydrogen-bond donors (Lipinski definition) is 1. The van der Waals surface area contributed by atoms with Crippen LogP contribution in [-0.2, 0) is 15.6 Å². The summed E-state index contributed by atoms with van der Waals surface area (Å²) in [5.41, 5.74) is -0.0556. The van der Waals surface area contributed by atoms with Crippen LogP contribution in [0.2, 0.25) is 0 Å². The monoisotopic (exact) mass is 278 g/mol. The second kappa shape index (κ2) is 5.39. The van der Waals surface area contributed by atoms with Crippen LogP contribution in [0.25, 0.3) is 0 Å². The molecule has 0 spiro atoms. The molecule has 1 N–H and O–H groups in total. The van der Waals surface area contributed by atoms with Gasteiger partial charge in [-0.05, 0) is 37.1 Å². The first-order chi connectivity index (χ1) is 8.90. The van der Waals surface area contributed by atoms with Crippen molar-refractivity contribution in [2.75, 3.05) is 5.75 Å². The van der Waals surface area contributed by atoms with E-state index in [0.717, 1.165) is 5.56 Å². The summed E-state index contributed by atoms with van der Waals surface area (Å²) in [5.74, 6) is -0.0706. The van der Waals surface area contributed by atoms with Crippen molar-refractivity contribution in [2.45, 2.75) is 30.8 Å². The first-order valence-electron chi connectivity index (χ1n) is 6.30. The third kappa shape index (κ3) is 3.19. The van der Waals surface area contributed by atoms with Gasteiger partial charge in [-0.3, -0.25) is 9.00 Å². The zero-order valence-corrected chi connectivity index (χ0v) is 11.9. The van der Waals surface area contributed by atoms with Crippen molar-refractivity contribution in [3.8, 4) is 0 Å². The van der Waals surface area contributed by atoms with E-state index in [2.05, 4.69) is 0 Å². The average molecular weight is 278 g/mol. The number of rotatable bonds is 3. The summed E-state index contributed by atoms with van der Waals surface area (Å²) < 4.78 is 12.3. The molecule has 0 heterocycles. The van der Waals surface area contributed by atoms with Crippen LogP contribution in [0.1, 0.15) is 18.9 Å². The molecule has 1 aromatic carbocycles. The second-order valence-electron chi connectivity index (χ2n) is 5.20. The van der Waals surface area contributed by atoms with E-state index >= 15 is 0 Å². The second-order valence-corrected chi connectivity index (χ2v) is 6.65. The molecular weight excluding hydrogens is 260 g/mol. The van der Waals surface area contributed by atoms with Crippen LogP contribution >= 0.6 is 0 Å². The molecule has 3 nitrogen and oxygen atoms in total. The highest BCUT2D eigenvalue weighted by molar-refractivity contribution is 7.85. The average Bonchev–Trinajstić information content (AvgIpc) is 2.35. The van der Waals surface area contributed by atoms with Crippen molar-refractivity contribution in [1.82, 2.24) is 0 Å². The van der Waals surface area contributed by atoms with Gasteiger partial charge in [-0.1, -0.05) is 24.6 Å². The van der Waals surface area contributed by atoms with Gasteiger partial charge in [0, 0.05) is 11.3 Å². The quantitative estimate of drug-likeness (QED) is 0.920. The Labute approximate surface area is 115 Å². The molecule has 4 heteroatoms. The van der Waals surface area contributed by atoms with Gasteiger partial charge in [0.25, 0.3) is 0 Å². The Morgan fingerprint density at radius 1 is 1.37 bits per heavy atom. The van der Waals surface area contributed by atoms with Gasteiger partial charge >= 0.3 is 0 Å². The Morgan fingerprint density at radius 2 is 2.00 bits per heavy atom. The summed E-state index contributed by atoms with van der Waals surface area (Å²) >= 11 is 0. The molecule has 19 heavy (non-hydrogen) atoms. The minimum atomic E-state index is -1.27. The van der Waals surface area contributed by atoms with E-state index in [4.69, 9.17) is 0 Å². The fraction of sp³-hybridized carbons (Fsp3) is 0.400. The van der Waals surface area contributed by atoms with Crippen LogP contribution in [0, 0.1) is 12.8 Å². The first-order valence-corrected chi connectivity index (χ1v) is 7.62. The minimum absolute atomic E-state index is 0.0123. The lowest BCUT2D eigenvalue weighted by molar-refractivity contribution is -0.118. The maximum atomic E-state index is 12.3. The van der Waals surface area contributed by atoms with E-state index in [9.17, 15) is 14.1 Å². The van der Waals surface area contributed by atoms with Gasteiger partial charge in [0.15, 0.2) is 5.78 Å². The molecule has 2 rings (SSSR count). The van der Waals surface area contributed by atoms with Crippen molar-refractivity contribution in [3.63, 3.8) is 0 Å². The van der Waals surface area contributed by atoms with Crippen LogP contribution in [0.5, 0.6) is 0 Å². The summed E-state index contributed by atoms with van der Waals surface area (Å²) in [7, 11) is -1.27. The Hall–Kier alpha value is -1.26. The Morgan fingerprint density at radius 3 is 2.58 bits per heavy atom. The summed E-state index contributed by atoms with van der Waals surface area (Å²) in [5, 5.41) is 10.5. The highest BCUT2D eigenvalue weighted by Crippen LogP contribution is 2.29. The molecule has 1 aromatic rings. The maximum Gasteiger partial charge on any atom is 0.155 e. The molecule has 1 aliphatic rings. The molecule has 0 unspecified atom stereocenters. The highest BCUT2D eigenvalue weighted by atomic mass is 32.2. The summed E-state index contributed by atoms with van der Waals surface area (Å²) in [6, 6.07) is 7.44. The topological polar surface area (TPSA) is 54.4 Å². The van der Waals surface area contributed by atoms with Crippen LogP contribution < -0.4 is 0 Å². The van der Waals surface area contributed by atoms with Crippen LogP contribution in [0.4, 0.5) is 0 Å². The number of aryl methyl sites for hydroxylation is 1. The predicted molar refractivity (Wildman–Crippen MR) is 75.3 cm³/mol.